The topological polar surface area (TPSA) is 43.1 Å². The maximum absolute atomic E-state index is 11.2. The molecule has 0 atom stereocenters. The Bertz CT molecular complexity index is 499. The van der Waals surface area contributed by atoms with Crippen molar-refractivity contribution in [2.24, 2.45) is 0 Å². The number of hydrogen-bond acceptors (Lipinski definition) is 3. The zero-order chi connectivity index (χ0) is 10.8. The molecule has 0 saturated carbocycles. The predicted octanol–water partition coefficient (Wildman–Crippen LogP) is 2.66. The summed E-state index contributed by atoms with van der Waals surface area (Å²) in [6.07, 6.45) is 0.822. The first kappa shape index (κ1) is 9.90. The van der Waals surface area contributed by atoms with Gasteiger partial charge in [-0.05, 0) is 18.6 Å². The van der Waals surface area contributed by atoms with Crippen LogP contribution < -0.4 is 0 Å². The Kier molecular flexibility index (Phi) is 2.54. The summed E-state index contributed by atoms with van der Waals surface area (Å²) in [5, 5.41) is 0. The zero-order valence-corrected chi connectivity index (χ0v) is 8.91. The van der Waals surface area contributed by atoms with Crippen LogP contribution in [0.1, 0.15) is 24.8 Å². The van der Waals surface area contributed by atoms with E-state index in [0.717, 1.165) is 16.7 Å². The molecule has 3 heteroatoms. The molecule has 0 N–H and O–H groups in total. The third-order valence-corrected chi connectivity index (χ3v) is 2.41. The van der Waals surface area contributed by atoms with E-state index in [9.17, 15) is 4.79 Å². The summed E-state index contributed by atoms with van der Waals surface area (Å²) in [6.45, 7) is 3.83. The fraction of sp³-hybridized carbons (Fsp3) is 0.333. The molecule has 0 radical (unpaired) electrons. The van der Waals surface area contributed by atoms with Crippen molar-refractivity contribution < 1.29 is 9.21 Å². The molecule has 0 unspecified atom stereocenters. The van der Waals surface area contributed by atoms with Crippen molar-refractivity contribution >= 4 is 16.9 Å². The van der Waals surface area contributed by atoms with Gasteiger partial charge in [0, 0.05) is 6.42 Å². The lowest BCUT2D eigenvalue weighted by molar-refractivity contribution is -0.118. The summed E-state index contributed by atoms with van der Waals surface area (Å²) in [6, 6.07) is 5.78. The van der Waals surface area contributed by atoms with Crippen LogP contribution in [0.25, 0.3) is 11.1 Å². The minimum Gasteiger partial charge on any atom is -0.440 e. The average Bonchev–Trinajstić information content (AvgIpc) is 2.62. The Morgan fingerprint density at radius 3 is 2.93 bits per heavy atom. The number of aryl methyl sites for hydroxylation is 1. The Labute approximate surface area is 88.1 Å². The van der Waals surface area contributed by atoms with E-state index in [1.807, 2.05) is 32.0 Å². The Morgan fingerprint density at radius 1 is 1.47 bits per heavy atom. The highest BCUT2D eigenvalue weighted by molar-refractivity contribution is 5.81. The van der Waals surface area contributed by atoms with Crippen LogP contribution in [-0.2, 0) is 11.2 Å². The summed E-state index contributed by atoms with van der Waals surface area (Å²) in [7, 11) is 0. The van der Waals surface area contributed by atoms with E-state index in [-0.39, 0.29) is 5.78 Å². The number of carbonyl (C=O) groups excluding carboxylic acids is 1. The monoisotopic (exact) mass is 203 g/mol. The van der Waals surface area contributed by atoms with Crippen molar-refractivity contribution in [2.45, 2.75) is 26.7 Å². The first-order valence-corrected chi connectivity index (χ1v) is 5.07. The first-order chi connectivity index (χ1) is 7.20. The van der Waals surface area contributed by atoms with Gasteiger partial charge in [0.15, 0.2) is 5.58 Å². The molecule has 0 aliphatic carbocycles. The van der Waals surface area contributed by atoms with Gasteiger partial charge in [-0.25, -0.2) is 4.98 Å². The number of fused-ring (bicyclic) bond motifs is 1. The molecule has 0 bridgehead atoms. The molecule has 78 valence electrons. The van der Waals surface area contributed by atoms with Crippen LogP contribution in [0.5, 0.6) is 0 Å². The molecule has 1 aromatic heterocycles. The van der Waals surface area contributed by atoms with Crippen LogP contribution in [0.15, 0.2) is 22.6 Å². The third-order valence-electron chi connectivity index (χ3n) is 2.41. The first-order valence-electron chi connectivity index (χ1n) is 5.07. The van der Waals surface area contributed by atoms with Crippen LogP contribution >= 0.6 is 0 Å². The van der Waals surface area contributed by atoms with E-state index in [1.54, 1.807) is 0 Å². The van der Waals surface area contributed by atoms with Crippen molar-refractivity contribution in [1.29, 1.82) is 0 Å². The second-order valence-electron chi connectivity index (χ2n) is 3.60. The number of aromatic nitrogens is 1. The maximum atomic E-state index is 11.2. The number of para-hydroxylation sites is 1. The predicted molar refractivity (Wildman–Crippen MR) is 57.7 cm³/mol. The number of hydrogen-bond donors (Lipinski definition) is 0. The number of benzene rings is 1. The molecule has 0 aliphatic heterocycles. The van der Waals surface area contributed by atoms with Gasteiger partial charge in [0.1, 0.15) is 11.3 Å². The van der Waals surface area contributed by atoms with E-state index in [1.165, 1.54) is 0 Å². The summed E-state index contributed by atoms with van der Waals surface area (Å²) in [5.74, 6) is 0.672. The summed E-state index contributed by atoms with van der Waals surface area (Å²) >= 11 is 0. The van der Waals surface area contributed by atoms with E-state index in [2.05, 4.69) is 4.98 Å². The minimum absolute atomic E-state index is 0.152. The standard InChI is InChI=1S/C12H13NO2/c1-3-9(14)7-11-13-12-8(2)5-4-6-10(12)15-11/h4-6H,3,7H2,1-2H3. The van der Waals surface area contributed by atoms with Crippen molar-refractivity contribution in [2.75, 3.05) is 0 Å². The second kappa shape index (κ2) is 3.85. The molecule has 1 aromatic carbocycles. The summed E-state index contributed by atoms with van der Waals surface area (Å²) in [5.41, 5.74) is 2.69. The molecular weight excluding hydrogens is 190 g/mol. The number of oxazole rings is 1. The highest BCUT2D eigenvalue weighted by Gasteiger charge is 2.10. The van der Waals surface area contributed by atoms with Crippen LogP contribution in [-0.4, -0.2) is 10.8 Å². The van der Waals surface area contributed by atoms with Gasteiger partial charge in [-0.3, -0.25) is 4.79 Å². The van der Waals surface area contributed by atoms with Gasteiger partial charge in [-0.1, -0.05) is 19.1 Å². The van der Waals surface area contributed by atoms with Gasteiger partial charge in [0.05, 0.1) is 6.42 Å². The SMILES string of the molecule is CCC(=O)Cc1nc2c(C)cccc2o1. The smallest absolute Gasteiger partial charge is 0.202 e. The number of carbonyl (C=O) groups is 1. The fourth-order valence-electron chi connectivity index (χ4n) is 1.50. The molecule has 3 nitrogen and oxygen atoms in total. The van der Waals surface area contributed by atoms with Crippen molar-refractivity contribution in [1.82, 2.24) is 4.98 Å². The molecule has 15 heavy (non-hydrogen) atoms. The lowest BCUT2D eigenvalue weighted by atomic mass is 10.2. The number of rotatable bonds is 3. The second-order valence-corrected chi connectivity index (χ2v) is 3.60. The Morgan fingerprint density at radius 2 is 2.27 bits per heavy atom. The van der Waals surface area contributed by atoms with Crippen molar-refractivity contribution in [3.8, 4) is 0 Å². The Hall–Kier alpha value is -1.64. The largest absolute Gasteiger partial charge is 0.440 e. The lowest BCUT2D eigenvalue weighted by Crippen LogP contribution is -2.00. The van der Waals surface area contributed by atoms with E-state index >= 15 is 0 Å². The molecule has 0 aliphatic rings. The van der Waals surface area contributed by atoms with Gasteiger partial charge in [0.25, 0.3) is 0 Å². The molecule has 0 saturated heterocycles. The van der Waals surface area contributed by atoms with Crippen LogP contribution in [0, 0.1) is 6.92 Å². The van der Waals surface area contributed by atoms with Gasteiger partial charge in [-0.15, -0.1) is 0 Å². The highest BCUT2D eigenvalue weighted by atomic mass is 16.3. The molecule has 0 amide bonds. The summed E-state index contributed by atoms with van der Waals surface area (Å²) < 4.78 is 5.49. The van der Waals surface area contributed by atoms with Gasteiger partial charge in [0.2, 0.25) is 5.89 Å². The fourth-order valence-corrected chi connectivity index (χ4v) is 1.50. The Balaban J connectivity index is 2.39. The molecule has 2 aromatic rings. The van der Waals surface area contributed by atoms with Crippen LogP contribution in [0.2, 0.25) is 0 Å². The lowest BCUT2D eigenvalue weighted by Gasteiger charge is -1.89. The minimum atomic E-state index is 0.152. The number of ketones is 1. The molecule has 1 heterocycles. The van der Waals surface area contributed by atoms with Gasteiger partial charge in [-0.2, -0.15) is 0 Å². The molecule has 0 fully saturated rings. The summed E-state index contributed by atoms with van der Waals surface area (Å²) in [4.78, 5) is 15.6. The van der Waals surface area contributed by atoms with Crippen molar-refractivity contribution in [3.05, 3.63) is 29.7 Å². The number of nitrogens with zero attached hydrogens (tertiary/aromatic N) is 1. The van der Waals surface area contributed by atoms with Gasteiger partial charge < -0.3 is 4.42 Å². The maximum Gasteiger partial charge on any atom is 0.202 e. The number of Topliss-reactive ketones (excluding diaryl/α,β-unsaturated/α-hetero) is 1. The quantitative estimate of drug-likeness (QED) is 0.770. The average molecular weight is 203 g/mol. The van der Waals surface area contributed by atoms with Crippen LogP contribution in [0.4, 0.5) is 0 Å². The van der Waals surface area contributed by atoms with Gasteiger partial charge >= 0.3 is 0 Å². The van der Waals surface area contributed by atoms with Crippen LogP contribution in [0.3, 0.4) is 0 Å². The van der Waals surface area contributed by atoms with E-state index in [4.69, 9.17) is 4.42 Å². The normalized spacial score (nSPS) is 10.8. The zero-order valence-electron chi connectivity index (χ0n) is 8.91. The molecule has 0 spiro atoms. The molecular formula is C12H13NO2. The third kappa shape index (κ3) is 1.91. The molecule has 2 rings (SSSR count). The van der Waals surface area contributed by atoms with Crippen molar-refractivity contribution in [3.63, 3.8) is 0 Å². The highest BCUT2D eigenvalue weighted by Crippen LogP contribution is 2.19. The van der Waals surface area contributed by atoms with E-state index < -0.39 is 0 Å². The van der Waals surface area contributed by atoms with E-state index in [0.29, 0.717) is 18.7 Å².